The number of sulfonamides is 1. The highest BCUT2D eigenvalue weighted by Gasteiger charge is 2.15. The Balaban J connectivity index is 2.99. The molecule has 8 heteroatoms. The summed E-state index contributed by atoms with van der Waals surface area (Å²) in [5, 5.41) is 0.368. The number of carbonyl (C=O) groups is 1. The molecule has 16 heavy (non-hydrogen) atoms. The third kappa shape index (κ3) is 3.34. The topological polar surface area (TPSA) is 75.3 Å². The van der Waals surface area contributed by atoms with Crippen LogP contribution in [0.4, 0.5) is 0 Å². The number of nitrogens with one attached hydrogen (secondary N) is 2. The lowest BCUT2D eigenvalue weighted by atomic mass is 10.4. The number of rotatable bonds is 3. The number of amides is 1. The molecule has 0 radical (unpaired) electrons. The second-order valence-corrected chi connectivity index (χ2v) is 5.36. The summed E-state index contributed by atoms with van der Waals surface area (Å²) in [6, 6.07) is 3.82. The van der Waals surface area contributed by atoms with Crippen molar-refractivity contribution in [2.45, 2.75) is 11.8 Å². The van der Waals surface area contributed by atoms with Crippen molar-refractivity contribution in [1.82, 2.24) is 10.3 Å². The largest absolute Gasteiger partial charge is 0.278 e. The molecule has 1 aromatic rings. The van der Waals surface area contributed by atoms with Crippen LogP contribution in [0.3, 0.4) is 0 Å². The molecule has 0 fully saturated rings. The fourth-order valence-corrected chi connectivity index (χ4v) is 2.12. The van der Waals surface area contributed by atoms with Crippen LogP contribution in [-0.4, -0.2) is 14.3 Å². The van der Waals surface area contributed by atoms with E-state index in [1.54, 1.807) is 0 Å². The molecule has 0 spiro atoms. The number of hydrogen-bond donors (Lipinski definition) is 2. The van der Waals surface area contributed by atoms with Crippen LogP contribution >= 0.6 is 23.2 Å². The number of hydrazine groups is 1. The van der Waals surface area contributed by atoms with Crippen LogP contribution in [0.25, 0.3) is 0 Å². The van der Waals surface area contributed by atoms with Gasteiger partial charge in [-0.3, -0.25) is 10.2 Å². The van der Waals surface area contributed by atoms with Gasteiger partial charge in [0.15, 0.2) is 0 Å². The van der Waals surface area contributed by atoms with Crippen LogP contribution in [0.5, 0.6) is 0 Å². The summed E-state index contributed by atoms with van der Waals surface area (Å²) in [5.41, 5.74) is 1.97. The van der Waals surface area contributed by atoms with Gasteiger partial charge in [0.2, 0.25) is 5.91 Å². The van der Waals surface area contributed by atoms with Gasteiger partial charge in [-0.15, -0.1) is 4.83 Å². The van der Waals surface area contributed by atoms with E-state index in [2.05, 4.69) is 0 Å². The van der Waals surface area contributed by atoms with Gasteiger partial charge in [-0.05, 0) is 18.2 Å². The quantitative estimate of drug-likeness (QED) is 0.821. The molecule has 0 heterocycles. The van der Waals surface area contributed by atoms with Crippen LogP contribution in [0.15, 0.2) is 23.1 Å². The molecule has 0 saturated carbocycles. The third-order valence-electron chi connectivity index (χ3n) is 1.56. The van der Waals surface area contributed by atoms with Gasteiger partial charge < -0.3 is 0 Å². The highest BCUT2D eigenvalue weighted by atomic mass is 35.5. The monoisotopic (exact) mass is 282 g/mol. The minimum atomic E-state index is -3.82. The first-order valence-corrected chi connectivity index (χ1v) is 6.30. The molecule has 0 aliphatic carbocycles. The van der Waals surface area contributed by atoms with Crippen molar-refractivity contribution >= 4 is 39.1 Å². The van der Waals surface area contributed by atoms with Crippen LogP contribution in [0, 0.1) is 0 Å². The molecule has 0 aliphatic rings. The van der Waals surface area contributed by atoms with Crippen LogP contribution in [0.1, 0.15) is 6.92 Å². The Labute approximate surface area is 103 Å². The summed E-state index contributed by atoms with van der Waals surface area (Å²) >= 11 is 11.3. The fraction of sp³-hybridized carbons (Fsp3) is 0.125. The van der Waals surface area contributed by atoms with Crippen LogP contribution in [0.2, 0.25) is 10.0 Å². The normalized spacial score (nSPS) is 11.2. The zero-order valence-corrected chi connectivity index (χ0v) is 10.4. The van der Waals surface area contributed by atoms with Gasteiger partial charge in [0.1, 0.15) is 0 Å². The van der Waals surface area contributed by atoms with Crippen molar-refractivity contribution < 1.29 is 13.2 Å². The van der Waals surface area contributed by atoms with Crippen molar-refractivity contribution in [3.05, 3.63) is 28.2 Å². The SMILES string of the molecule is CC(=O)NNS(=O)(=O)c1ccc(Cl)c(Cl)c1. The summed E-state index contributed by atoms with van der Waals surface area (Å²) in [5.74, 6) is -0.524. The van der Waals surface area contributed by atoms with E-state index in [0.29, 0.717) is 0 Å². The first-order chi connectivity index (χ1) is 7.33. The van der Waals surface area contributed by atoms with Gasteiger partial charge in [-0.1, -0.05) is 23.2 Å². The predicted molar refractivity (Wildman–Crippen MR) is 60.6 cm³/mol. The second-order valence-electron chi connectivity index (χ2n) is 2.86. The Kier molecular flexibility index (Phi) is 4.15. The van der Waals surface area contributed by atoms with Crippen LogP contribution in [-0.2, 0) is 14.8 Å². The maximum Gasteiger partial charge on any atom is 0.257 e. The van der Waals surface area contributed by atoms with E-state index >= 15 is 0 Å². The molecule has 1 amide bonds. The molecule has 0 aliphatic heterocycles. The molecule has 0 unspecified atom stereocenters. The predicted octanol–water partition coefficient (Wildman–Crippen LogP) is 1.32. The van der Waals surface area contributed by atoms with Gasteiger partial charge in [0.25, 0.3) is 10.0 Å². The first kappa shape index (κ1) is 13.2. The molecule has 0 saturated heterocycles. The average Bonchev–Trinajstić information content (AvgIpc) is 2.19. The van der Waals surface area contributed by atoms with Crippen molar-refractivity contribution in [2.75, 3.05) is 0 Å². The van der Waals surface area contributed by atoms with E-state index in [1.807, 2.05) is 10.3 Å². The lowest BCUT2D eigenvalue weighted by Crippen LogP contribution is -2.40. The number of carbonyl (C=O) groups excluding carboxylic acids is 1. The van der Waals surface area contributed by atoms with Crippen molar-refractivity contribution in [1.29, 1.82) is 0 Å². The second kappa shape index (κ2) is 5.01. The first-order valence-electron chi connectivity index (χ1n) is 4.06. The van der Waals surface area contributed by atoms with E-state index in [4.69, 9.17) is 23.2 Å². The Bertz CT molecular complexity index is 516. The van der Waals surface area contributed by atoms with Gasteiger partial charge in [-0.25, -0.2) is 8.42 Å². The van der Waals surface area contributed by atoms with Crippen molar-refractivity contribution in [2.24, 2.45) is 0 Å². The van der Waals surface area contributed by atoms with Gasteiger partial charge in [0, 0.05) is 6.92 Å². The fourth-order valence-electron chi connectivity index (χ4n) is 0.842. The molecule has 1 rings (SSSR count). The minimum Gasteiger partial charge on any atom is -0.278 e. The Morgan fingerprint density at radius 1 is 1.25 bits per heavy atom. The summed E-state index contributed by atoms with van der Waals surface area (Å²) < 4.78 is 23.1. The lowest BCUT2D eigenvalue weighted by Gasteiger charge is -2.07. The Morgan fingerprint density at radius 2 is 1.88 bits per heavy atom. The van der Waals surface area contributed by atoms with Crippen molar-refractivity contribution in [3.63, 3.8) is 0 Å². The zero-order chi connectivity index (χ0) is 12.3. The number of benzene rings is 1. The highest BCUT2D eigenvalue weighted by molar-refractivity contribution is 7.89. The third-order valence-corrected chi connectivity index (χ3v) is 3.55. The molecule has 2 N–H and O–H groups in total. The van der Waals surface area contributed by atoms with Crippen LogP contribution < -0.4 is 10.3 Å². The minimum absolute atomic E-state index is 0.0874. The smallest absolute Gasteiger partial charge is 0.257 e. The average molecular weight is 283 g/mol. The van der Waals surface area contributed by atoms with Gasteiger partial charge in [-0.2, -0.15) is 0 Å². The Morgan fingerprint density at radius 3 is 2.38 bits per heavy atom. The molecule has 88 valence electrons. The van der Waals surface area contributed by atoms with E-state index in [9.17, 15) is 13.2 Å². The van der Waals surface area contributed by atoms with Crippen molar-refractivity contribution in [3.8, 4) is 0 Å². The molecular weight excluding hydrogens is 275 g/mol. The molecular formula is C8H8Cl2N2O3S. The molecule has 0 atom stereocenters. The van der Waals surface area contributed by atoms with E-state index < -0.39 is 15.9 Å². The molecule has 5 nitrogen and oxygen atoms in total. The van der Waals surface area contributed by atoms with E-state index in [1.165, 1.54) is 25.1 Å². The maximum absolute atomic E-state index is 11.6. The summed E-state index contributed by atoms with van der Waals surface area (Å²) in [6.45, 7) is 1.18. The van der Waals surface area contributed by atoms with E-state index in [0.717, 1.165) is 0 Å². The molecule has 0 aromatic heterocycles. The van der Waals surface area contributed by atoms with E-state index in [-0.39, 0.29) is 14.9 Å². The molecule has 0 bridgehead atoms. The standard InChI is InChI=1S/C8H8Cl2N2O3S/c1-5(13)11-12-16(14,15)6-2-3-7(9)8(10)4-6/h2-4,12H,1H3,(H,11,13). The number of hydrogen-bond acceptors (Lipinski definition) is 3. The summed E-state index contributed by atoms with van der Waals surface area (Å²) in [6.07, 6.45) is 0. The highest BCUT2D eigenvalue weighted by Crippen LogP contribution is 2.24. The van der Waals surface area contributed by atoms with Gasteiger partial charge >= 0.3 is 0 Å². The number of halogens is 2. The molecule has 1 aromatic carbocycles. The summed E-state index contributed by atoms with van der Waals surface area (Å²) in [7, 11) is -3.82. The summed E-state index contributed by atoms with van der Waals surface area (Å²) in [4.78, 5) is 12.4. The maximum atomic E-state index is 11.6. The zero-order valence-electron chi connectivity index (χ0n) is 8.12. The van der Waals surface area contributed by atoms with Gasteiger partial charge in [0.05, 0.1) is 14.9 Å². The Hall–Kier alpha value is -0.820. The lowest BCUT2D eigenvalue weighted by molar-refractivity contribution is -0.119.